The van der Waals surface area contributed by atoms with Crippen LogP contribution < -0.4 is 0 Å². The van der Waals surface area contributed by atoms with Crippen LogP contribution in [0, 0.1) is 0 Å². The number of hydrogen-bond donors (Lipinski definition) is 0. The zero-order chi connectivity index (χ0) is 10.8. The monoisotopic (exact) mass is 228 g/mol. The Morgan fingerprint density at radius 2 is 1.93 bits per heavy atom. The molecule has 0 aliphatic heterocycles. The number of benzene rings is 1. The minimum Gasteiger partial charge on any atom is -0.211 e. The fourth-order valence-electron chi connectivity index (χ4n) is 1.26. The Hall–Kier alpha value is -1.42. The topological polar surface area (TPSA) is 17.8 Å². The van der Waals surface area contributed by atoms with E-state index < -0.39 is 6.55 Å². The van der Waals surface area contributed by atoms with Gasteiger partial charge in [-0.3, -0.25) is 0 Å². The standard InChI is InChI=1S/C10H7ClF2N2/c11-8-4-2-1-3-7(8)9-5-6-15(14-9)10(12)13/h1-6,10H. The Morgan fingerprint density at radius 3 is 2.53 bits per heavy atom. The SMILES string of the molecule is FC(F)n1ccc(-c2ccccc2Cl)n1. The first-order chi connectivity index (χ1) is 7.18. The molecule has 0 aliphatic carbocycles. The predicted molar refractivity (Wildman–Crippen MR) is 53.9 cm³/mol. The molecule has 0 saturated carbocycles. The Balaban J connectivity index is 2.42. The smallest absolute Gasteiger partial charge is 0.211 e. The molecule has 0 bridgehead atoms. The minimum absolute atomic E-state index is 0.445. The second-order valence-electron chi connectivity index (χ2n) is 2.94. The van der Waals surface area contributed by atoms with E-state index in [9.17, 15) is 8.78 Å². The number of rotatable bonds is 2. The molecule has 0 radical (unpaired) electrons. The molecule has 0 N–H and O–H groups in total. The molecule has 1 aromatic heterocycles. The summed E-state index contributed by atoms with van der Waals surface area (Å²) in [6, 6.07) is 8.49. The lowest BCUT2D eigenvalue weighted by Gasteiger charge is -2.00. The maximum Gasteiger partial charge on any atom is 0.333 e. The van der Waals surface area contributed by atoms with Gasteiger partial charge in [0.05, 0.1) is 10.7 Å². The van der Waals surface area contributed by atoms with Crippen LogP contribution in [0.3, 0.4) is 0 Å². The minimum atomic E-state index is -2.62. The Labute approximate surface area is 90.1 Å². The van der Waals surface area contributed by atoms with Gasteiger partial charge in [0.15, 0.2) is 0 Å². The summed E-state index contributed by atoms with van der Waals surface area (Å²) in [5, 5.41) is 4.22. The summed E-state index contributed by atoms with van der Waals surface area (Å²) in [6.07, 6.45) is 1.23. The van der Waals surface area contributed by atoms with Gasteiger partial charge in [-0.2, -0.15) is 13.9 Å². The van der Waals surface area contributed by atoms with Crippen LogP contribution in [-0.4, -0.2) is 9.78 Å². The number of nitrogens with zero attached hydrogens (tertiary/aromatic N) is 2. The molecule has 2 rings (SSSR count). The lowest BCUT2D eigenvalue weighted by molar-refractivity contribution is 0.0568. The summed E-state index contributed by atoms with van der Waals surface area (Å²) in [7, 11) is 0. The first kappa shape index (κ1) is 10.1. The van der Waals surface area contributed by atoms with E-state index in [1.54, 1.807) is 24.3 Å². The van der Waals surface area contributed by atoms with Gasteiger partial charge in [0.2, 0.25) is 0 Å². The molecule has 0 aliphatic rings. The second-order valence-corrected chi connectivity index (χ2v) is 3.35. The molecular formula is C10H7ClF2N2. The van der Waals surface area contributed by atoms with E-state index in [-0.39, 0.29) is 0 Å². The number of hydrogen-bond acceptors (Lipinski definition) is 1. The van der Waals surface area contributed by atoms with Crippen molar-refractivity contribution in [1.29, 1.82) is 0 Å². The van der Waals surface area contributed by atoms with Gasteiger partial charge in [-0.05, 0) is 12.1 Å². The van der Waals surface area contributed by atoms with E-state index in [2.05, 4.69) is 5.10 Å². The zero-order valence-corrected chi connectivity index (χ0v) is 8.33. The van der Waals surface area contributed by atoms with Crippen molar-refractivity contribution >= 4 is 11.6 Å². The Kier molecular flexibility index (Phi) is 2.68. The van der Waals surface area contributed by atoms with Crippen molar-refractivity contribution in [2.24, 2.45) is 0 Å². The first-order valence-corrected chi connectivity index (χ1v) is 4.64. The number of aromatic nitrogens is 2. The summed E-state index contributed by atoms with van der Waals surface area (Å²) in [5.74, 6) is 0. The highest BCUT2D eigenvalue weighted by Crippen LogP contribution is 2.26. The molecular weight excluding hydrogens is 222 g/mol. The summed E-state index contributed by atoms with van der Waals surface area (Å²) < 4.78 is 25.1. The second kappa shape index (κ2) is 3.98. The fraction of sp³-hybridized carbons (Fsp3) is 0.100. The van der Waals surface area contributed by atoms with Crippen LogP contribution >= 0.6 is 11.6 Å². The quantitative estimate of drug-likeness (QED) is 0.768. The van der Waals surface area contributed by atoms with Crippen molar-refractivity contribution in [3.8, 4) is 11.3 Å². The van der Waals surface area contributed by atoms with Gasteiger partial charge in [0, 0.05) is 11.8 Å². The van der Waals surface area contributed by atoms with E-state index in [1.807, 2.05) is 0 Å². The molecule has 78 valence electrons. The van der Waals surface area contributed by atoms with Crippen LogP contribution in [-0.2, 0) is 0 Å². The van der Waals surface area contributed by atoms with Crippen LogP contribution in [0.4, 0.5) is 8.78 Å². The Morgan fingerprint density at radius 1 is 1.20 bits per heavy atom. The van der Waals surface area contributed by atoms with Gasteiger partial charge in [0.25, 0.3) is 0 Å². The largest absolute Gasteiger partial charge is 0.333 e. The van der Waals surface area contributed by atoms with E-state index in [4.69, 9.17) is 11.6 Å². The average Bonchev–Trinajstić information content (AvgIpc) is 2.67. The highest BCUT2D eigenvalue weighted by molar-refractivity contribution is 6.33. The Bertz CT molecular complexity index is 468. The third kappa shape index (κ3) is 1.99. The van der Waals surface area contributed by atoms with Crippen molar-refractivity contribution in [3.05, 3.63) is 41.6 Å². The fourth-order valence-corrected chi connectivity index (χ4v) is 1.49. The van der Waals surface area contributed by atoms with Crippen molar-refractivity contribution < 1.29 is 8.78 Å². The predicted octanol–water partition coefficient (Wildman–Crippen LogP) is 3.60. The average molecular weight is 229 g/mol. The van der Waals surface area contributed by atoms with E-state index in [0.29, 0.717) is 21.0 Å². The molecule has 5 heteroatoms. The molecule has 0 spiro atoms. The number of alkyl halides is 2. The van der Waals surface area contributed by atoms with E-state index in [1.165, 1.54) is 12.3 Å². The van der Waals surface area contributed by atoms with Gasteiger partial charge in [-0.15, -0.1) is 0 Å². The lowest BCUT2D eigenvalue weighted by atomic mass is 10.2. The van der Waals surface area contributed by atoms with Gasteiger partial charge < -0.3 is 0 Å². The molecule has 2 aromatic rings. The summed E-state index contributed by atoms with van der Waals surface area (Å²) in [5.41, 5.74) is 1.10. The van der Waals surface area contributed by atoms with Crippen molar-refractivity contribution in [2.45, 2.75) is 6.55 Å². The first-order valence-electron chi connectivity index (χ1n) is 4.26. The van der Waals surface area contributed by atoms with Crippen LogP contribution in [0.25, 0.3) is 11.3 Å². The van der Waals surface area contributed by atoms with Gasteiger partial charge in [-0.25, -0.2) is 4.68 Å². The van der Waals surface area contributed by atoms with Crippen molar-refractivity contribution in [3.63, 3.8) is 0 Å². The maximum atomic E-state index is 12.3. The molecule has 0 saturated heterocycles. The van der Waals surface area contributed by atoms with Crippen LogP contribution in [0.15, 0.2) is 36.5 Å². The summed E-state index contributed by atoms with van der Waals surface area (Å²) in [6.45, 7) is -2.62. The molecule has 1 aromatic carbocycles. The summed E-state index contributed by atoms with van der Waals surface area (Å²) in [4.78, 5) is 0. The van der Waals surface area contributed by atoms with Gasteiger partial charge in [0.1, 0.15) is 0 Å². The zero-order valence-electron chi connectivity index (χ0n) is 7.57. The molecule has 2 nitrogen and oxygen atoms in total. The third-order valence-electron chi connectivity index (χ3n) is 1.96. The van der Waals surface area contributed by atoms with E-state index >= 15 is 0 Å². The molecule has 0 fully saturated rings. The maximum absolute atomic E-state index is 12.3. The molecule has 0 atom stereocenters. The number of halogens is 3. The van der Waals surface area contributed by atoms with Crippen LogP contribution in [0.2, 0.25) is 5.02 Å². The normalized spacial score (nSPS) is 10.9. The highest BCUT2D eigenvalue weighted by Gasteiger charge is 2.10. The van der Waals surface area contributed by atoms with Crippen LogP contribution in [0.1, 0.15) is 6.55 Å². The highest BCUT2D eigenvalue weighted by atomic mass is 35.5. The molecule has 0 unspecified atom stereocenters. The lowest BCUT2D eigenvalue weighted by Crippen LogP contribution is -1.98. The van der Waals surface area contributed by atoms with Gasteiger partial charge >= 0.3 is 6.55 Å². The van der Waals surface area contributed by atoms with Crippen molar-refractivity contribution in [1.82, 2.24) is 9.78 Å². The molecule has 1 heterocycles. The van der Waals surface area contributed by atoms with E-state index in [0.717, 1.165) is 0 Å². The molecule has 0 amide bonds. The molecule has 15 heavy (non-hydrogen) atoms. The van der Waals surface area contributed by atoms with Gasteiger partial charge in [-0.1, -0.05) is 29.8 Å². The van der Waals surface area contributed by atoms with Crippen LogP contribution in [0.5, 0.6) is 0 Å². The van der Waals surface area contributed by atoms with Crippen molar-refractivity contribution in [2.75, 3.05) is 0 Å². The summed E-state index contributed by atoms with van der Waals surface area (Å²) >= 11 is 5.91. The third-order valence-corrected chi connectivity index (χ3v) is 2.29.